The van der Waals surface area contributed by atoms with Crippen LogP contribution in [0.4, 0.5) is 0 Å². The van der Waals surface area contributed by atoms with Gasteiger partial charge in [-0.3, -0.25) is 4.79 Å². The zero-order valence-corrected chi connectivity index (χ0v) is 17.1. The zero-order valence-electron chi connectivity index (χ0n) is 17.1. The molecule has 1 amide bonds. The Kier molecular flexibility index (Phi) is 6.85. The van der Waals surface area contributed by atoms with E-state index in [1.165, 1.54) is 11.1 Å². The second kappa shape index (κ2) is 9.54. The summed E-state index contributed by atoms with van der Waals surface area (Å²) in [7, 11) is 0. The standard InChI is InChI=1S/C24H30N2O2/c1-17(2)22-15-18(3)9-14-23(22)28-16-24(27)26-25-21-12-10-20(11-13-21)19-7-5-4-6-8-19/h4-9,14-15,17,20H,10-13,16H2,1-3H3,(H,26,27). The van der Waals surface area contributed by atoms with Crippen molar-refractivity contribution in [3.8, 4) is 5.75 Å². The molecule has 4 heteroatoms. The third-order valence-corrected chi connectivity index (χ3v) is 5.32. The van der Waals surface area contributed by atoms with Gasteiger partial charge in [0.05, 0.1) is 0 Å². The maximum Gasteiger partial charge on any atom is 0.277 e. The predicted octanol–water partition coefficient (Wildman–Crippen LogP) is 5.33. The number of nitrogens with zero attached hydrogens (tertiary/aromatic N) is 1. The molecule has 28 heavy (non-hydrogen) atoms. The van der Waals surface area contributed by atoms with Crippen LogP contribution in [0.15, 0.2) is 53.6 Å². The minimum absolute atomic E-state index is 0.0216. The molecule has 4 nitrogen and oxygen atoms in total. The van der Waals surface area contributed by atoms with Crippen molar-refractivity contribution in [3.05, 3.63) is 65.2 Å². The van der Waals surface area contributed by atoms with Crippen LogP contribution in [0, 0.1) is 6.92 Å². The van der Waals surface area contributed by atoms with Gasteiger partial charge in [-0.2, -0.15) is 5.10 Å². The molecule has 148 valence electrons. The Morgan fingerprint density at radius 1 is 1.14 bits per heavy atom. The second-order valence-corrected chi connectivity index (χ2v) is 7.88. The average Bonchev–Trinajstić information content (AvgIpc) is 2.72. The van der Waals surface area contributed by atoms with Crippen LogP contribution in [0.25, 0.3) is 0 Å². The fraction of sp³-hybridized carbons (Fsp3) is 0.417. The minimum Gasteiger partial charge on any atom is -0.483 e. The van der Waals surface area contributed by atoms with Gasteiger partial charge in [0, 0.05) is 5.71 Å². The van der Waals surface area contributed by atoms with E-state index in [1.807, 2.05) is 12.1 Å². The van der Waals surface area contributed by atoms with E-state index in [9.17, 15) is 4.79 Å². The van der Waals surface area contributed by atoms with Gasteiger partial charge >= 0.3 is 0 Å². The summed E-state index contributed by atoms with van der Waals surface area (Å²) in [5, 5.41) is 4.33. The van der Waals surface area contributed by atoms with Crippen molar-refractivity contribution >= 4 is 11.6 Å². The Hall–Kier alpha value is -2.62. The Labute approximate surface area is 168 Å². The molecule has 0 aliphatic heterocycles. The third kappa shape index (κ3) is 5.44. The fourth-order valence-electron chi connectivity index (χ4n) is 3.69. The van der Waals surface area contributed by atoms with Crippen LogP contribution >= 0.6 is 0 Å². The molecule has 0 aromatic heterocycles. The van der Waals surface area contributed by atoms with E-state index >= 15 is 0 Å². The van der Waals surface area contributed by atoms with Crippen molar-refractivity contribution in [2.24, 2.45) is 5.10 Å². The summed E-state index contributed by atoms with van der Waals surface area (Å²) < 4.78 is 5.75. The third-order valence-electron chi connectivity index (χ3n) is 5.32. The Balaban J connectivity index is 1.47. The summed E-state index contributed by atoms with van der Waals surface area (Å²) in [6.07, 6.45) is 4.01. The summed E-state index contributed by atoms with van der Waals surface area (Å²) in [6.45, 7) is 6.29. The molecule has 0 atom stereocenters. The first-order valence-corrected chi connectivity index (χ1v) is 10.2. The summed E-state index contributed by atoms with van der Waals surface area (Å²) >= 11 is 0. The molecule has 1 aliphatic rings. The number of hydrazone groups is 1. The molecule has 1 saturated carbocycles. The summed E-state index contributed by atoms with van der Waals surface area (Å²) in [6, 6.07) is 16.7. The lowest BCUT2D eigenvalue weighted by molar-refractivity contribution is -0.123. The van der Waals surface area contributed by atoms with E-state index in [4.69, 9.17) is 4.74 Å². The highest BCUT2D eigenvalue weighted by atomic mass is 16.5. The normalized spacial score (nSPS) is 16.7. The van der Waals surface area contributed by atoms with Crippen molar-refractivity contribution in [1.82, 2.24) is 5.43 Å². The molecule has 2 aromatic rings. The zero-order chi connectivity index (χ0) is 19.9. The van der Waals surface area contributed by atoms with Crippen LogP contribution < -0.4 is 10.2 Å². The van der Waals surface area contributed by atoms with Gasteiger partial charge in [0.1, 0.15) is 5.75 Å². The lowest BCUT2D eigenvalue weighted by atomic mass is 9.83. The molecule has 0 spiro atoms. The number of carbonyl (C=O) groups excluding carboxylic acids is 1. The molecule has 2 aromatic carbocycles. The summed E-state index contributed by atoms with van der Waals surface area (Å²) in [5.41, 5.74) is 7.45. The van der Waals surface area contributed by atoms with Crippen molar-refractivity contribution in [3.63, 3.8) is 0 Å². The van der Waals surface area contributed by atoms with Crippen molar-refractivity contribution in [2.75, 3.05) is 6.61 Å². The van der Waals surface area contributed by atoms with Gasteiger partial charge in [-0.25, -0.2) is 5.43 Å². The molecule has 0 unspecified atom stereocenters. The van der Waals surface area contributed by atoms with E-state index in [1.54, 1.807) is 0 Å². The summed E-state index contributed by atoms with van der Waals surface area (Å²) in [4.78, 5) is 12.1. The van der Waals surface area contributed by atoms with Crippen molar-refractivity contribution < 1.29 is 9.53 Å². The van der Waals surface area contributed by atoms with Gasteiger partial charge in [0.15, 0.2) is 6.61 Å². The number of hydrogen-bond acceptors (Lipinski definition) is 3. The molecule has 1 aliphatic carbocycles. The number of ether oxygens (including phenoxy) is 1. The van der Waals surface area contributed by atoms with Gasteiger partial charge < -0.3 is 4.74 Å². The number of rotatable bonds is 6. The highest BCUT2D eigenvalue weighted by molar-refractivity contribution is 5.87. The van der Waals surface area contributed by atoms with Crippen LogP contribution in [-0.4, -0.2) is 18.2 Å². The van der Waals surface area contributed by atoms with Crippen molar-refractivity contribution in [1.29, 1.82) is 0 Å². The lowest BCUT2D eigenvalue weighted by Gasteiger charge is -2.23. The first-order chi connectivity index (χ1) is 13.5. The molecule has 0 radical (unpaired) electrons. The van der Waals surface area contributed by atoms with Crippen LogP contribution in [0.5, 0.6) is 5.75 Å². The Morgan fingerprint density at radius 2 is 1.86 bits per heavy atom. The number of hydrogen-bond donors (Lipinski definition) is 1. The smallest absolute Gasteiger partial charge is 0.277 e. The van der Waals surface area contributed by atoms with Crippen molar-refractivity contribution in [2.45, 2.75) is 58.3 Å². The van der Waals surface area contributed by atoms with Gasteiger partial charge in [-0.05, 0) is 61.6 Å². The van der Waals surface area contributed by atoms with Gasteiger partial charge in [0.2, 0.25) is 0 Å². The van der Waals surface area contributed by atoms with E-state index in [-0.39, 0.29) is 12.5 Å². The van der Waals surface area contributed by atoms with Crippen LogP contribution in [0.3, 0.4) is 0 Å². The molecule has 1 fully saturated rings. The fourth-order valence-corrected chi connectivity index (χ4v) is 3.69. The monoisotopic (exact) mass is 378 g/mol. The number of amides is 1. The summed E-state index contributed by atoms with van der Waals surface area (Å²) in [5.74, 6) is 1.49. The Bertz CT molecular complexity index is 818. The molecule has 3 rings (SSSR count). The number of nitrogens with one attached hydrogen (secondary N) is 1. The van der Waals surface area contributed by atoms with Gasteiger partial charge in [0.25, 0.3) is 5.91 Å². The first kappa shape index (κ1) is 20.1. The minimum atomic E-state index is -0.215. The quantitative estimate of drug-likeness (QED) is 0.691. The average molecular weight is 379 g/mol. The molecule has 0 bridgehead atoms. The molecule has 0 saturated heterocycles. The SMILES string of the molecule is Cc1ccc(OCC(=O)NN=C2CCC(c3ccccc3)CC2)c(C(C)C)c1. The van der Waals surface area contributed by atoms with E-state index < -0.39 is 0 Å². The van der Waals surface area contributed by atoms with E-state index in [2.05, 4.69) is 67.7 Å². The number of aryl methyl sites for hydroxylation is 1. The maximum atomic E-state index is 12.1. The number of benzene rings is 2. The highest BCUT2D eigenvalue weighted by Gasteiger charge is 2.19. The number of carbonyl (C=O) groups is 1. The molecule has 1 N–H and O–H groups in total. The maximum absolute atomic E-state index is 12.1. The van der Waals surface area contributed by atoms with E-state index in [0.29, 0.717) is 11.8 Å². The van der Waals surface area contributed by atoms with Crippen LogP contribution in [-0.2, 0) is 4.79 Å². The predicted molar refractivity (Wildman–Crippen MR) is 114 cm³/mol. The van der Waals surface area contributed by atoms with Gasteiger partial charge in [-0.15, -0.1) is 0 Å². The second-order valence-electron chi connectivity index (χ2n) is 7.88. The van der Waals surface area contributed by atoms with E-state index in [0.717, 1.165) is 42.7 Å². The molecular weight excluding hydrogens is 348 g/mol. The topological polar surface area (TPSA) is 50.7 Å². The van der Waals surface area contributed by atoms with Crippen LogP contribution in [0.1, 0.15) is 68.1 Å². The first-order valence-electron chi connectivity index (χ1n) is 10.2. The van der Waals surface area contributed by atoms with Crippen LogP contribution in [0.2, 0.25) is 0 Å². The molecule has 0 heterocycles. The van der Waals surface area contributed by atoms with Gasteiger partial charge in [-0.1, -0.05) is 61.9 Å². The highest BCUT2D eigenvalue weighted by Crippen LogP contribution is 2.31. The lowest BCUT2D eigenvalue weighted by Crippen LogP contribution is -2.27. The molecular formula is C24H30N2O2. The largest absolute Gasteiger partial charge is 0.483 e. The Morgan fingerprint density at radius 3 is 2.54 bits per heavy atom.